The Hall–Kier alpha value is -1.67. The van der Waals surface area contributed by atoms with Gasteiger partial charge >= 0.3 is 0 Å². The predicted molar refractivity (Wildman–Crippen MR) is 71.2 cm³/mol. The number of fused-ring (bicyclic) bond motifs is 1. The second-order valence-electron chi connectivity index (χ2n) is 4.34. The average molecular weight is 227 g/mol. The molecule has 0 saturated carbocycles. The average Bonchev–Trinajstić information content (AvgIpc) is 2.35. The number of carbonyl (C=O) groups excluding carboxylic acids is 1. The molecular weight excluding hydrogens is 210 g/mol. The molecule has 2 aromatic carbocycles. The fourth-order valence-electron chi connectivity index (χ4n) is 2.05. The van der Waals surface area contributed by atoms with E-state index in [1.807, 2.05) is 19.2 Å². The summed E-state index contributed by atoms with van der Waals surface area (Å²) in [5.74, 6) is 0.181. The molecule has 0 unspecified atom stereocenters. The summed E-state index contributed by atoms with van der Waals surface area (Å²) in [5, 5.41) is 5.51. The van der Waals surface area contributed by atoms with Gasteiger partial charge in [-0.2, -0.15) is 0 Å². The molecule has 2 rings (SSSR count). The second kappa shape index (κ2) is 5.11. The normalized spacial score (nSPS) is 12.6. The third-order valence-corrected chi connectivity index (χ3v) is 3.09. The van der Waals surface area contributed by atoms with Crippen molar-refractivity contribution in [1.29, 1.82) is 0 Å². The highest BCUT2D eigenvalue weighted by Crippen LogP contribution is 2.16. The van der Waals surface area contributed by atoms with E-state index in [1.165, 1.54) is 16.3 Å². The Kier molecular flexibility index (Phi) is 3.55. The minimum Gasteiger partial charge on any atom is -0.310 e. The Balaban J connectivity index is 2.27. The Morgan fingerprint density at radius 2 is 1.88 bits per heavy atom. The van der Waals surface area contributed by atoms with Gasteiger partial charge in [-0.05, 0) is 36.7 Å². The highest BCUT2D eigenvalue weighted by molar-refractivity contribution is 5.84. The van der Waals surface area contributed by atoms with Crippen LogP contribution >= 0.6 is 0 Å². The Labute approximate surface area is 102 Å². The number of carbonyl (C=O) groups is 1. The monoisotopic (exact) mass is 227 g/mol. The lowest BCUT2D eigenvalue weighted by molar-refractivity contribution is -0.118. The quantitative estimate of drug-likeness (QED) is 0.869. The lowest BCUT2D eigenvalue weighted by atomic mass is 10.00. The molecule has 1 atom stereocenters. The number of nitrogens with one attached hydrogen (secondary N) is 1. The number of likely N-dealkylation sites (N-methyl/N-ethyl adjacent to an activating group) is 1. The molecule has 0 fully saturated rings. The second-order valence-corrected chi connectivity index (χ2v) is 4.34. The molecule has 1 N–H and O–H groups in total. The van der Waals surface area contributed by atoms with E-state index in [9.17, 15) is 4.79 Å². The molecule has 0 amide bonds. The number of ketones is 1. The number of benzene rings is 2. The van der Waals surface area contributed by atoms with Crippen molar-refractivity contribution >= 4 is 16.6 Å². The first-order valence-corrected chi connectivity index (χ1v) is 5.86. The van der Waals surface area contributed by atoms with Crippen LogP contribution in [-0.2, 0) is 11.2 Å². The van der Waals surface area contributed by atoms with Crippen LogP contribution in [0.5, 0.6) is 0 Å². The maximum Gasteiger partial charge on any atom is 0.147 e. The Bertz CT molecular complexity index is 533. The van der Waals surface area contributed by atoms with Crippen LogP contribution in [0.4, 0.5) is 0 Å². The molecule has 88 valence electrons. The van der Waals surface area contributed by atoms with E-state index in [1.54, 1.807) is 6.92 Å². The first-order valence-electron chi connectivity index (χ1n) is 5.86. The lowest BCUT2D eigenvalue weighted by Crippen LogP contribution is -2.34. The maximum atomic E-state index is 11.4. The predicted octanol–water partition coefficient (Wildman–Crippen LogP) is 2.56. The van der Waals surface area contributed by atoms with Crippen molar-refractivity contribution in [2.45, 2.75) is 19.4 Å². The van der Waals surface area contributed by atoms with Crippen LogP contribution in [-0.4, -0.2) is 18.9 Å². The van der Waals surface area contributed by atoms with Crippen molar-refractivity contribution in [3.8, 4) is 0 Å². The lowest BCUT2D eigenvalue weighted by Gasteiger charge is -2.13. The summed E-state index contributed by atoms with van der Waals surface area (Å²) in [5.41, 5.74) is 1.19. The van der Waals surface area contributed by atoms with Crippen LogP contribution in [0.15, 0.2) is 42.5 Å². The van der Waals surface area contributed by atoms with Gasteiger partial charge in [0.15, 0.2) is 0 Å². The van der Waals surface area contributed by atoms with Gasteiger partial charge in [0.25, 0.3) is 0 Å². The maximum absolute atomic E-state index is 11.4. The minimum absolute atomic E-state index is 0.0869. The number of hydrogen-bond acceptors (Lipinski definition) is 2. The summed E-state index contributed by atoms with van der Waals surface area (Å²) >= 11 is 0. The summed E-state index contributed by atoms with van der Waals surface area (Å²) in [7, 11) is 1.83. The Morgan fingerprint density at radius 1 is 1.18 bits per heavy atom. The fourth-order valence-corrected chi connectivity index (χ4v) is 2.05. The Morgan fingerprint density at radius 3 is 2.53 bits per heavy atom. The van der Waals surface area contributed by atoms with E-state index >= 15 is 0 Å². The van der Waals surface area contributed by atoms with Crippen LogP contribution in [0, 0.1) is 0 Å². The number of Topliss-reactive ketones (excluding diaryl/α,β-unsaturated/α-hetero) is 1. The van der Waals surface area contributed by atoms with E-state index in [4.69, 9.17) is 0 Å². The van der Waals surface area contributed by atoms with Gasteiger partial charge < -0.3 is 5.32 Å². The van der Waals surface area contributed by atoms with Crippen LogP contribution in [0.3, 0.4) is 0 Å². The van der Waals surface area contributed by atoms with Crippen LogP contribution in [0.1, 0.15) is 12.5 Å². The number of hydrogen-bond donors (Lipinski definition) is 1. The molecule has 0 aromatic heterocycles. The molecule has 2 nitrogen and oxygen atoms in total. The van der Waals surface area contributed by atoms with Crippen molar-refractivity contribution in [2.75, 3.05) is 7.05 Å². The van der Waals surface area contributed by atoms with E-state index in [0.717, 1.165) is 6.42 Å². The zero-order valence-corrected chi connectivity index (χ0v) is 10.2. The SMILES string of the molecule is CN[C@H](Cc1ccc2ccccc2c1)C(C)=O. The summed E-state index contributed by atoms with van der Waals surface area (Å²) in [6.07, 6.45) is 0.747. The topological polar surface area (TPSA) is 29.1 Å². The van der Waals surface area contributed by atoms with Crippen LogP contribution in [0.25, 0.3) is 10.8 Å². The molecule has 0 heterocycles. The third kappa shape index (κ3) is 2.71. The van der Waals surface area contributed by atoms with Gasteiger partial charge in [0.2, 0.25) is 0 Å². The van der Waals surface area contributed by atoms with E-state index in [2.05, 4.69) is 35.6 Å². The van der Waals surface area contributed by atoms with Gasteiger partial charge in [-0.15, -0.1) is 0 Å². The van der Waals surface area contributed by atoms with Crippen molar-refractivity contribution in [1.82, 2.24) is 5.32 Å². The molecule has 0 spiro atoms. The van der Waals surface area contributed by atoms with E-state index < -0.39 is 0 Å². The van der Waals surface area contributed by atoms with Crippen LogP contribution in [0.2, 0.25) is 0 Å². The van der Waals surface area contributed by atoms with Gasteiger partial charge in [-0.25, -0.2) is 0 Å². The minimum atomic E-state index is -0.0869. The van der Waals surface area contributed by atoms with Crippen molar-refractivity contribution in [3.63, 3.8) is 0 Å². The highest BCUT2D eigenvalue weighted by Gasteiger charge is 2.11. The van der Waals surface area contributed by atoms with Crippen molar-refractivity contribution < 1.29 is 4.79 Å². The van der Waals surface area contributed by atoms with Gasteiger partial charge in [0.05, 0.1) is 6.04 Å². The van der Waals surface area contributed by atoms with Gasteiger partial charge in [-0.1, -0.05) is 42.5 Å². The molecule has 0 saturated heterocycles. The molecule has 0 aliphatic carbocycles. The summed E-state index contributed by atoms with van der Waals surface area (Å²) in [4.78, 5) is 11.4. The number of rotatable bonds is 4. The standard InChI is InChI=1S/C15H17NO/c1-11(17)15(16-2)10-12-7-8-13-5-3-4-6-14(13)9-12/h3-9,15-16H,10H2,1-2H3/t15-/m1/s1. The molecule has 2 heteroatoms. The molecular formula is C15H17NO. The fraction of sp³-hybridized carbons (Fsp3) is 0.267. The molecule has 17 heavy (non-hydrogen) atoms. The first kappa shape index (κ1) is 11.8. The highest BCUT2D eigenvalue weighted by atomic mass is 16.1. The largest absolute Gasteiger partial charge is 0.310 e. The smallest absolute Gasteiger partial charge is 0.147 e. The first-order chi connectivity index (χ1) is 8.20. The third-order valence-electron chi connectivity index (χ3n) is 3.09. The van der Waals surface area contributed by atoms with E-state index in [-0.39, 0.29) is 11.8 Å². The zero-order valence-electron chi connectivity index (χ0n) is 10.2. The van der Waals surface area contributed by atoms with Gasteiger partial charge in [-0.3, -0.25) is 4.79 Å². The van der Waals surface area contributed by atoms with Gasteiger partial charge in [0, 0.05) is 0 Å². The zero-order chi connectivity index (χ0) is 12.3. The van der Waals surface area contributed by atoms with E-state index in [0.29, 0.717) is 0 Å². The summed E-state index contributed by atoms with van der Waals surface area (Å²) < 4.78 is 0. The van der Waals surface area contributed by atoms with Crippen molar-refractivity contribution in [3.05, 3.63) is 48.0 Å². The molecule has 0 aliphatic heterocycles. The summed E-state index contributed by atoms with van der Waals surface area (Å²) in [6, 6.07) is 14.5. The van der Waals surface area contributed by atoms with Gasteiger partial charge in [0.1, 0.15) is 5.78 Å². The molecule has 2 aromatic rings. The summed E-state index contributed by atoms with van der Waals surface area (Å²) in [6.45, 7) is 1.63. The van der Waals surface area contributed by atoms with Crippen LogP contribution < -0.4 is 5.32 Å². The molecule has 0 bridgehead atoms. The van der Waals surface area contributed by atoms with Crippen molar-refractivity contribution in [2.24, 2.45) is 0 Å². The molecule has 0 radical (unpaired) electrons. The molecule has 0 aliphatic rings.